The van der Waals surface area contributed by atoms with E-state index in [4.69, 9.17) is 9.68 Å². The lowest BCUT2D eigenvalue weighted by molar-refractivity contribution is 0.561. The minimum absolute atomic E-state index is 0.670. The first-order valence-corrected chi connectivity index (χ1v) is 6.66. The number of fused-ring (bicyclic) bond motifs is 1. The number of oxazole rings is 1. The summed E-state index contributed by atoms with van der Waals surface area (Å²) in [7, 11) is 0. The first-order chi connectivity index (χ1) is 9.24. The largest absolute Gasteiger partial charge is 0.441 e. The van der Waals surface area contributed by atoms with E-state index in [9.17, 15) is 0 Å². The van der Waals surface area contributed by atoms with Crippen LogP contribution in [0.15, 0.2) is 34.7 Å². The van der Waals surface area contributed by atoms with E-state index >= 15 is 0 Å². The minimum atomic E-state index is 0.670. The molecule has 3 rings (SSSR count). The highest BCUT2D eigenvalue weighted by atomic mass is 32.1. The number of nitrogens with zero attached hydrogens (tertiary/aromatic N) is 2. The highest BCUT2D eigenvalue weighted by molar-refractivity contribution is 7.12. The summed E-state index contributed by atoms with van der Waals surface area (Å²) in [6.45, 7) is 2.54. The van der Waals surface area contributed by atoms with Gasteiger partial charge in [0, 0.05) is 24.0 Å². The number of nitriles is 1. The number of aryl methyl sites for hydroxylation is 1. The monoisotopic (exact) mass is 269 g/mol. The molecule has 3 aromatic rings. The SMILES string of the molecule is Cc1nc2cc(NCc3ccc(C#N)s3)ccc2o1. The number of hydrogen-bond donors (Lipinski definition) is 1. The number of aromatic nitrogens is 1. The maximum Gasteiger partial charge on any atom is 0.192 e. The van der Waals surface area contributed by atoms with E-state index in [2.05, 4.69) is 16.4 Å². The number of benzene rings is 1. The van der Waals surface area contributed by atoms with Gasteiger partial charge in [-0.1, -0.05) is 0 Å². The molecular formula is C14H11N3OS. The van der Waals surface area contributed by atoms with E-state index < -0.39 is 0 Å². The molecule has 0 aliphatic rings. The summed E-state index contributed by atoms with van der Waals surface area (Å²) < 4.78 is 5.43. The van der Waals surface area contributed by atoms with Gasteiger partial charge in [-0.25, -0.2) is 4.98 Å². The summed E-state index contributed by atoms with van der Waals surface area (Å²) in [6, 6.07) is 11.8. The van der Waals surface area contributed by atoms with Crippen LogP contribution >= 0.6 is 11.3 Å². The van der Waals surface area contributed by atoms with Gasteiger partial charge in [-0.3, -0.25) is 0 Å². The van der Waals surface area contributed by atoms with Gasteiger partial charge >= 0.3 is 0 Å². The van der Waals surface area contributed by atoms with E-state index in [0.29, 0.717) is 12.4 Å². The molecule has 0 unspecified atom stereocenters. The van der Waals surface area contributed by atoms with Crippen LogP contribution in [0.3, 0.4) is 0 Å². The molecule has 2 heterocycles. The number of thiophene rings is 1. The first-order valence-electron chi connectivity index (χ1n) is 5.84. The quantitative estimate of drug-likeness (QED) is 0.787. The average Bonchev–Trinajstić information content (AvgIpc) is 3.00. The van der Waals surface area contributed by atoms with Crippen molar-refractivity contribution >= 4 is 28.1 Å². The Balaban J connectivity index is 1.76. The van der Waals surface area contributed by atoms with Crippen molar-refractivity contribution in [3.05, 3.63) is 46.0 Å². The molecule has 0 radical (unpaired) electrons. The summed E-state index contributed by atoms with van der Waals surface area (Å²) >= 11 is 1.50. The third-order valence-electron chi connectivity index (χ3n) is 2.73. The summed E-state index contributed by atoms with van der Waals surface area (Å²) in [5.74, 6) is 0.670. The van der Waals surface area contributed by atoms with Crippen LogP contribution in [0, 0.1) is 18.3 Å². The van der Waals surface area contributed by atoms with Crippen molar-refractivity contribution in [3.8, 4) is 6.07 Å². The number of anilines is 1. The molecule has 0 spiro atoms. The molecule has 0 saturated carbocycles. The number of hydrogen-bond acceptors (Lipinski definition) is 5. The molecule has 5 heteroatoms. The van der Waals surface area contributed by atoms with Gasteiger partial charge in [-0.15, -0.1) is 11.3 Å². The highest BCUT2D eigenvalue weighted by Crippen LogP contribution is 2.21. The molecule has 1 N–H and O–H groups in total. The maximum atomic E-state index is 8.78. The van der Waals surface area contributed by atoms with Crippen LogP contribution in [0.5, 0.6) is 0 Å². The molecule has 94 valence electrons. The Kier molecular flexibility index (Phi) is 2.94. The van der Waals surface area contributed by atoms with E-state index in [1.165, 1.54) is 11.3 Å². The Morgan fingerprint density at radius 2 is 2.26 bits per heavy atom. The lowest BCUT2D eigenvalue weighted by Gasteiger charge is -2.03. The van der Waals surface area contributed by atoms with Crippen molar-refractivity contribution in [3.63, 3.8) is 0 Å². The summed E-state index contributed by atoms with van der Waals surface area (Å²) in [4.78, 5) is 6.17. The molecule has 0 fully saturated rings. The summed E-state index contributed by atoms with van der Waals surface area (Å²) in [5, 5.41) is 12.1. The second-order valence-electron chi connectivity index (χ2n) is 4.15. The van der Waals surface area contributed by atoms with Crippen molar-refractivity contribution in [2.45, 2.75) is 13.5 Å². The highest BCUT2D eigenvalue weighted by Gasteiger charge is 2.04. The van der Waals surface area contributed by atoms with Gasteiger partial charge in [-0.05, 0) is 30.3 Å². The van der Waals surface area contributed by atoms with Crippen LogP contribution in [-0.2, 0) is 6.54 Å². The topological polar surface area (TPSA) is 61.9 Å². The van der Waals surface area contributed by atoms with Crippen molar-refractivity contribution in [2.24, 2.45) is 0 Å². The molecular weight excluding hydrogens is 258 g/mol. The van der Waals surface area contributed by atoms with Gasteiger partial charge in [0.2, 0.25) is 0 Å². The Labute approximate surface area is 114 Å². The fraction of sp³-hybridized carbons (Fsp3) is 0.143. The fourth-order valence-corrected chi connectivity index (χ4v) is 2.62. The normalized spacial score (nSPS) is 10.5. The fourth-order valence-electron chi connectivity index (χ4n) is 1.87. The third kappa shape index (κ3) is 2.44. The molecule has 0 atom stereocenters. The molecule has 2 aromatic heterocycles. The maximum absolute atomic E-state index is 8.78. The molecule has 0 amide bonds. The Hall–Kier alpha value is -2.32. The van der Waals surface area contributed by atoms with Gasteiger partial charge < -0.3 is 9.73 Å². The standard InChI is InChI=1S/C14H11N3OS/c1-9-17-13-6-10(2-5-14(13)18-9)16-8-12-4-3-11(7-15)19-12/h2-6,16H,8H2,1H3. The molecule has 0 aliphatic heterocycles. The van der Waals surface area contributed by atoms with Gasteiger partial charge in [0.1, 0.15) is 16.5 Å². The van der Waals surface area contributed by atoms with Gasteiger partial charge in [0.05, 0.1) is 0 Å². The summed E-state index contributed by atoms with van der Waals surface area (Å²) in [6.07, 6.45) is 0. The van der Waals surface area contributed by atoms with E-state index in [1.54, 1.807) is 0 Å². The number of rotatable bonds is 3. The van der Waals surface area contributed by atoms with Crippen LogP contribution < -0.4 is 5.32 Å². The first kappa shape index (κ1) is 11.8. The van der Waals surface area contributed by atoms with Crippen LogP contribution in [0.1, 0.15) is 15.6 Å². The second-order valence-corrected chi connectivity index (χ2v) is 5.32. The Bertz CT molecular complexity index is 766. The molecule has 1 aromatic carbocycles. The summed E-state index contributed by atoms with van der Waals surface area (Å²) in [5.41, 5.74) is 2.64. The minimum Gasteiger partial charge on any atom is -0.441 e. The van der Waals surface area contributed by atoms with Crippen molar-refractivity contribution in [2.75, 3.05) is 5.32 Å². The molecule has 19 heavy (non-hydrogen) atoms. The molecule has 4 nitrogen and oxygen atoms in total. The van der Waals surface area contributed by atoms with Crippen molar-refractivity contribution in [1.82, 2.24) is 4.98 Å². The molecule has 0 aliphatic carbocycles. The lowest BCUT2D eigenvalue weighted by Crippen LogP contribution is -1.96. The van der Waals surface area contributed by atoms with Crippen LogP contribution in [0.4, 0.5) is 5.69 Å². The van der Waals surface area contributed by atoms with Crippen LogP contribution in [0.2, 0.25) is 0 Å². The van der Waals surface area contributed by atoms with Gasteiger partial charge in [0.25, 0.3) is 0 Å². The average molecular weight is 269 g/mol. The van der Waals surface area contributed by atoms with Crippen LogP contribution in [0.25, 0.3) is 11.1 Å². The smallest absolute Gasteiger partial charge is 0.192 e. The lowest BCUT2D eigenvalue weighted by atomic mass is 10.3. The third-order valence-corrected chi connectivity index (χ3v) is 3.72. The Morgan fingerprint density at radius 3 is 3.05 bits per heavy atom. The van der Waals surface area contributed by atoms with E-state index in [0.717, 1.165) is 26.5 Å². The Morgan fingerprint density at radius 1 is 1.37 bits per heavy atom. The molecule has 0 saturated heterocycles. The second kappa shape index (κ2) is 4.75. The van der Waals surface area contributed by atoms with Gasteiger partial charge in [0.15, 0.2) is 11.5 Å². The van der Waals surface area contributed by atoms with Crippen molar-refractivity contribution in [1.29, 1.82) is 5.26 Å². The molecule has 0 bridgehead atoms. The number of nitrogens with one attached hydrogen (secondary N) is 1. The predicted octanol–water partition coefficient (Wildman–Crippen LogP) is 3.68. The van der Waals surface area contributed by atoms with E-state index in [-0.39, 0.29) is 0 Å². The van der Waals surface area contributed by atoms with Gasteiger partial charge in [-0.2, -0.15) is 5.26 Å². The zero-order valence-electron chi connectivity index (χ0n) is 10.3. The van der Waals surface area contributed by atoms with E-state index in [1.807, 2.05) is 37.3 Å². The zero-order chi connectivity index (χ0) is 13.2. The van der Waals surface area contributed by atoms with Crippen LogP contribution in [-0.4, -0.2) is 4.98 Å². The van der Waals surface area contributed by atoms with Crippen molar-refractivity contribution < 1.29 is 4.42 Å². The predicted molar refractivity (Wildman–Crippen MR) is 75.1 cm³/mol. The zero-order valence-corrected chi connectivity index (χ0v) is 11.1.